The summed E-state index contributed by atoms with van der Waals surface area (Å²) >= 11 is 0. The molecule has 0 atom stereocenters. The van der Waals surface area contributed by atoms with Crippen molar-refractivity contribution in [1.82, 2.24) is 14.5 Å². The summed E-state index contributed by atoms with van der Waals surface area (Å²) < 4.78 is 13.6. The highest BCUT2D eigenvalue weighted by atomic mass is 16.5. The molecule has 120 valence electrons. The van der Waals surface area contributed by atoms with Gasteiger partial charge in [-0.15, -0.1) is 0 Å². The van der Waals surface area contributed by atoms with Crippen LogP contribution in [0.2, 0.25) is 0 Å². The van der Waals surface area contributed by atoms with Crippen molar-refractivity contribution in [3.05, 3.63) is 66.2 Å². The summed E-state index contributed by atoms with van der Waals surface area (Å²) in [5, 5.41) is 0. The van der Waals surface area contributed by atoms with E-state index in [9.17, 15) is 0 Å². The second kappa shape index (κ2) is 5.85. The molecule has 0 amide bonds. The number of hydrogen-bond acceptors (Lipinski definition) is 4. The van der Waals surface area contributed by atoms with E-state index >= 15 is 0 Å². The van der Waals surface area contributed by atoms with E-state index in [1.807, 2.05) is 73.5 Å². The van der Waals surface area contributed by atoms with Gasteiger partial charge < -0.3 is 13.7 Å². The summed E-state index contributed by atoms with van der Waals surface area (Å²) in [4.78, 5) is 8.89. The third-order valence-electron chi connectivity index (χ3n) is 3.80. The third-order valence-corrected chi connectivity index (χ3v) is 3.80. The highest BCUT2D eigenvalue weighted by Gasteiger charge is 2.10. The van der Waals surface area contributed by atoms with E-state index in [2.05, 4.69) is 9.97 Å². The van der Waals surface area contributed by atoms with Crippen molar-refractivity contribution in [3.63, 3.8) is 0 Å². The minimum Gasteiger partial charge on any atom is -0.487 e. The molecule has 0 unspecified atom stereocenters. The SMILES string of the molecule is Cc1ccc(COc2ccc3oc(-c4ccn(C)c4)nc3c2)nc1. The predicted molar refractivity (Wildman–Crippen MR) is 91.7 cm³/mol. The van der Waals surface area contributed by atoms with Crippen molar-refractivity contribution < 1.29 is 9.15 Å². The predicted octanol–water partition coefficient (Wildman–Crippen LogP) is 4.12. The summed E-state index contributed by atoms with van der Waals surface area (Å²) in [6, 6.07) is 11.6. The van der Waals surface area contributed by atoms with Gasteiger partial charge in [0.05, 0.1) is 11.3 Å². The molecule has 1 aromatic carbocycles. The lowest BCUT2D eigenvalue weighted by atomic mass is 10.3. The van der Waals surface area contributed by atoms with Crippen LogP contribution in [0.25, 0.3) is 22.6 Å². The van der Waals surface area contributed by atoms with Gasteiger partial charge in [-0.1, -0.05) is 6.07 Å². The number of pyridine rings is 1. The van der Waals surface area contributed by atoms with Gasteiger partial charge in [0, 0.05) is 31.7 Å². The van der Waals surface area contributed by atoms with Crippen LogP contribution in [0.4, 0.5) is 0 Å². The maximum atomic E-state index is 5.81. The molecule has 5 heteroatoms. The molecule has 0 bridgehead atoms. The van der Waals surface area contributed by atoms with Gasteiger partial charge in [-0.25, -0.2) is 4.98 Å². The first-order valence-electron chi connectivity index (χ1n) is 7.75. The molecule has 0 saturated carbocycles. The number of oxazole rings is 1. The third kappa shape index (κ3) is 2.88. The molecular weight excluding hydrogens is 302 g/mol. The topological polar surface area (TPSA) is 53.1 Å². The number of hydrogen-bond donors (Lipinski definition) is 0. The lowest BCUT2D eigenvalue weighted by Crippen LogP contribution is -1.97. The van der Waals surface area contributed by atoms with E-state index in [1.165, 1.54) is 0 Å². The highest BCUT2D eigenvalue weighted by Crippen LogP contribution is 2.27. The fourth-order valence-electron chi connectivity index (χ4n) is 2.49. The van der Waals surface area contributed by atoms with Gasteiger partial charge in [0.2, 0.25) is 5.89 Å². The number of benzene rings is 1. The maximum Gasteiger partial charge on any atom is 0.228 e. The molecule has 0 spiro atoms. The van der Waals surface area contributed by atoms with Gasteiger partial charge in [0.15, 0.2) is 5.58 Å². The zero-order valence-electron chi connectivity index (χ0n) is 13.6. The van der Waals surface area contributed by atoms with Gasteiger partial charge in [-0.2, -0.15) is 0 Å². The van der Waals surface area contributed by atoms with Gasteiger partial charge >= 0.3 is 0 Å². The lowest BCUT2D eigenvalue weighted by molar-refractivity contribution is 0.301. The molecule has 3 aromatic heterocycles. The summed E-state index contributed by atoms with van der Waals surface area (Å²) in [5.74, 6) is 1.36. The molecule has 0 aliphatic rings. The van der Waals surface area contributed by atoms with E-state index in [-0.39, 0.29) is 0 Å². The normalized spacial score (nSPS) is 11.1. The Balaban J connectivity index is 1.55. The Morgan fingerprint density at radius 1 is 1.17 bits per heavy atom. The Morgan fingerprint density at radius 3 is 2.83 bits per heavy atom. The van der Waals surface area contributed by atoms with E-state index in [4.69, 9.17) is 9.15 Å². The maximum absolute atomic E-state index is 5.81. The van der Waals surface area contributed by atoms with Crippen LogP contribution in [0.5, 0.6) is 5.75 Å². The van der Waals surface area contributed by atoms with Crippen LogP contribution in [0.3, 0.4) is 0 Å². The van der Waals surface area contributed by atoms with E-state index in [0.29, 0.717) is 12.5 Å². The first-order valence-corrected chi connectivity index (χ1v) is 7.75. The van der Waals surface area contributed by atoms with Crippen molar-refractivity contribution in [2.24, 2.45) is 7.05 Å². The largest absolute Gasteiger partial charge is 0.487 e. The van der Waals surface area contributed by atoms with Crippen LogP contribution in [0.1, 0.15) is 11.3 Å². The van der Waals surface area contributed by atoms with Gasteiger partial charge in [0.25, 0.3) is 0 Å². The Morgan fingerprint density at radius 2 is 2.08 bits per heavy atom. The fourth-order valence-corrected chi connectivity index (χ4v) is 2.49. The van der Waals surface area contributed by atoms with Gasteiger partial charge in [-0.05, 0) is 36.8 Å². The zero-order chi connectivity index (χ0) is 16.5. The van der Waals surface area contributed by atoms with E-state index in [0.717, 1.165) is 33.7 Å². The van der Waals surface area contributed by atoms with Crippen molar-refractivity contribution >= 4 is 11.1 Å². The van der Waals surface area contributed by atoms with E-state index < -0.39 is 0 Å². The molecular formula is C19H17N3O2. The van der Waals surface area contributed by atoms with E-state index in [1.54, 1.807) is 0 Å². The average Bonchev–Trinajstić information content (AvgIpc) is 3.19. The number of fused-ring (bicyclic) bond motifs is 1. The molecule has 5 nitrogen and oxygen atoms in total. The monoisotopic (exact) mass is 319 g/mol. The Bertz CT molecular complexity index is 983. The minimum absolute atomic E-state index is 0.426. The number of aromatic nitrogens is 3. The average molecular weight is 319 g/mol. The lowest BCUT2D eigenvalue weighted by Gasteiger charge is -2.05. The van der Waals surface area contributed by atoms with Crippen LogP contribution >= 0.6 is 0 Å². The molecule has 24 heavy (non-hydrogen) atoms. The summed E-state index contributed by atoms with van der Waals surface area (Å²) in [6.07, 6.45) is 5.78. The van der Waals surface area contributed by atoms with Crippen LogP contribution < -0.4 is 4.74 Å². The summed E-state index contributed by atoms with van der Waals surface area (Å²) in [6.45, 7) is 2.44. The number of nitrogens with zero attached hydrogens (tertiary/aromatic N) is 3. The second-order valence-corrected chi connectivity index (χ2v) is 5.83. The number of aryl methyl sites for hydroxylation is 2. The Labute approximate surface area is 139 Å². The van der Waals surface area contributed by atoms with Gasteiger partial charge in [-0.3, -0.25) is 4.98 Å². The molecule has 0 aliphatic heterocycles. The number of ether oxygens (including phenoxy) is 1. The van der Waals surface area contributed by atoms with Crippen molar-refractivity contribution in [3.8, 4) is 17.2 Å². The molecule has 4 rings (SSSR count). The van der Waals surface area contributed by atoms with Crippen LogP contribution in [0.15, 0.2) is 59.4 Å². The first kappa shape index (κ1) is 14.5. The molecule has 0 fully saturated rings. The smallest absolute Gasteiger partial charge is 0.228 e. The van der Waals surface area contributed by atoms with Gasteiger partial charge in [0.1, 0.15) is 17.9 Å². The van der Waals surface area contributed by atoms with Crippen molar-refractivity contribution in [1.29, 1.82) is 0 Å². The minimum atomic E-state index is 0.426. The number of rotatable bonds is 4. The van der Waals surface area contributed by atoms with Crippen molar-refractivity contribution in [2.75, 3.05) is 0 Å². The first-order chi connectivity index (χ1) is 11.7. The zero-order valence-corrected chi connectivity index (χ0v) is 13.6. The Hall–Kier alpha value is -3.08. The highest BCUT2D eigenvalue weighted by molar-refractivity contribution is 5.77. The standard InChI is InChI=1S/C19H17N3O2/c1-13-3-4-15(20-10-13)12-23-16-5-6-18-17(9-16)21-19(24-18)14-7-8-22(2)11-14/h3-11H,12H2,1-2H3. The van der Waals surface area contributed by atoms with Crippen LogP contribution in [0, 0.1) is 6.92 Å². The van der Waals surface area contributed by atoms with Crippen LogP contribution in [-0.4, -0.2) is 14.5 Å². The molecule has 4 aromatic rings. The van der Waals surface area contributed by atoms with Crippen molar-refractivity contribution in [2.45, 2.75) is 13.5 Å². The molecule has 0 N–H and O–H groups in total. The molecule has 0 saturated heterocycles. The molecule has 0 radical (unpaired) electrons. The Kier molecular flexibility index (Phi) is 3.54. The van der Waals surface area contributed by atoms with Crippen LogP contribution in [-0.2, 0) is 13.7 Å². The summed E-state index contributed by atoms with van der Waals surface area (Å²) in [5.41, 5.74) is 4.51. The molecule has 0 aliphatic carbocycles. The fraction of sp³-hybridized carbons (Fsp3) is 0.158. The summed E-state index contributed by atoms with van der Waals surface area (Å²) in [7, 11) is 1.97. The second-order valence-electron chi connectivity index (χ2n) is 5.83. The quantitative estimate of drug-likeness (QED) is 0.568. The molecule has 3 heterocycles.